The molecule has 0 radical (unpaired) electrons. The predicted molar refractivity (Wildman–Crippen MR) is 77.5 cm³/mol. The zero-order valence-corrected chi connectivity index (χ0v) is 12.1. The van der Waals surface area contributed by atoms with Gasteiger partial charge in [-0.2, -0.15) is 0 Å². The third kappa shape index (κ3) is 3.30. The molecular weight excluding hydrogens is 258 g/mol. The van der Waals surface area contributed by atoms with Crippen LogP contribution >= 0.6 is 11.5 Å². The lowest BCUT2D eigenvalue weighted by Crippen LogP contribution is -2.12. The number of rotatable bonds is 6. The molecule has 1 unspecified atom stereocenters. The van der Waals surface area contributed by atoms with E-state index in [2.05, 4.69) is 16.5 Å². The Morgan fingerprint density at radius 2 is 2.21 bits per heavy atom. The van der Waals surface area contributed by atoms with E-state index >= 15 is 0 Å². The molecule has 1 heterocycles. The fraction of sp³-hybridized carbons (Fsp3) is 0.429. The van der Waals surface area contributed by atoms with Gasteiger partial charge in [0.25, 0.3) is 0 Å². The van der Waals surface area contributed by atoms with Crippen LogP contribution in [-0.2, 0) is 6.42 Å². The summed E-state index contributed by atoms with van der Waals surface area (Å²) in [6.45, 7) is 4.76. The topological polar surface area (TPSA) is 61.0 Å². The van der Waals surface area contributed by atoms with Gasteiger partial charge in [-0.1, -0.05) is 30.0 Å². The highest BCUT2D eigenvalue weighted by Gasteiger charge is 2.17. The summed E-state index contributed by atoms with van der Waals surface area (Å²) >= 11 is 1.38. The summed E-state index contributed by atoms with van der Waals surface area (Å²) in [6, 6.07) is 7.74. The summed E-state index contributed by atoms with van der Waals surface area (Å²) in [6.07, 6.45) is 1.97. The van der Waals surface area contributed by atoms with E-state index in [4.69, 9.17) is 10.5 Å². The van der Waals surface area contributed by atoms with Gasteiger partial charge in [-0.25, -0.2) is 0 Å². The summed E-state index contributed by atoms with van der Waals surface area (Å²) < 4.78 is 9.53. The molecule has 2 N–H and O–H groups in total. The maximum absolute atomic E-state index is 6.33. The highest BCUT2D eigenvalue weighted by Crippen LogP contribution is 2.27. The molecule has 0 saturated heterocycles. The van der Waals surface area contributed by atoms with Gasteiger partial charge in [0.2, 0.25) is 0 Å². The molecule has 0 aliphatic carbocycles. The molecule has 0 amide bonds. The molecular formula is C14H19N3OS. The lowest BCUT2D eigenvalue weighted by molar-refractivity contribution is 0.340. The van der Waals surface area contributed by atoms with Gasteiger partial charge in [-0.15, -0.1) is 5.10 Å². The fourth-order valence-electron chi connectivity index (χ4n) is 1.98. The number of nitrogens with zero attached hydrogens (tertiary/aromatic N) is 2. The maximum atomic E-state index is 6.33. The number of hydrogen-bond acceptors (Lipinski definition) is 5. The lowest BCUT2D eigenvalue weighted by Gasteiger charge is -2.12. The SMILES string of the molecule is CCCc1nnsc1C(N)c1cccc(OCC)c1. The second-order valence-corrected chi connectivity index (χ2v) is 5.10. The Kier molecular flexibility index (Phi) is 4.87. The minimum atomic E-state index is -0.179. The Morgan fingerprint density at radius 3 is 2.95 bits per heavy atom. The lowest BCUT2D eigenvalue weighted by atomic mass is 10.0. The van der Waals surface area contributed by atoms with Crippen molar-refractivity contribution in [1.82, 2.24) is 9.59 Å². The monoisotopic (exact) mass is 277 g/mol. The number of hydrogen-bond donors (Lipinski definition) is 1. The summed E-state index contributed by atoms with van der Waals surface area (Å²) in [5, 5.41) is 4.17. The number of aromatic nitrogens is 2. The average Bonchev–Trinajstić information content (AvgIpc) is 2.87. The van der Waals surface area contributed by atoms with Gasteiger partial charge in [-0.05, 0) is 42.6 Å². The highest BCUT2D eigenvalue weighted by molar-refractivity contribution is 7.05. The molecule has 102 valence electrons. The van der Waals surface area contributed by atoms with Crippen LogP contribution in [0, 0.1) is 0 Å². The van der Waals surface area contributed by atoms with Crippen molar-refractivity contribution >= 4 is 11.5 Å². The molecule has 4 nitrogen and oxygen atoms in total. The van der Waals surface area contributed by atoms with E-state index in [0.29, 0.717) is 6.61 Å². The van der Waals surface area contributed by atoms with Crippen LogP contribution < -0.4 is 10.5 Å². The second-order valence-electron chi connectivity index (χ2n) is 4.32. The normalized spacial score (nSPS) is 12.4. The zero-order valence-electron chi connectivity index (χ0n) is 11.3. The van der Waals surface area contributed by atoms with E-state index in [-0.39, 0.29) is 6.04 Å². The van der Waals surface area contributed by atoms with Crippen LogP contribution in [0.1, 0.15) is 42.4 Å². The van der Waals surface area contributed by atoms with Crippen molar-refractivity contribution in [2.24, 2.45) is 5.73 Å². The minimum absolute atomic E-state index is 0.179. The summed E-state index contributed by atoms with van der Waals surface area (Å²) in [5.41, 5.74) is 8.38. The fourth-order valence-corrected chi connectivity index (χ4v) is 2.70. The van der Waals surface area contributed by atoms with Crippen LogP contribution in [0.15, 0.2) is 24.3 Å². The van der Waals surface area contributed by atoms with Crippen molar-refractivity contribution in [1.29, 1.82) is 0 Å². The van der Waals surface area contributed by atoms with E-state index in [9.17, 15) is 0 Å². The molecule has 0 bridgehead atoms. The van der Waals surface area contributed by atoms with Crippen LogP contribution in [0.2, 0.25) is 0 Å². The van der Waals surface area contributed by atoms with E-state index in [0.717, 1.165) is 34.7 Å². The molecule has 19 heavy (non-hydrogen) atoms. The number of ether oxygens (including phenoxy) is 1. The molecule has 0 spiro atoms. The van der Waals surface area contributed by atoms with Gasteiger partial charge in [0.1, 0.15) is 5.75 Å². The first-order valence-corrected chi connectivity index (χ1v) is 7.33. The van der Waals surface area contributed by atoms with Crippen molar-refractivity contribution in [2.45, 2.75) is 32.7 Å². The third-order valence-corrected chi connectivity index (χ3v) is 3.73. The summed E-state index contributed by atoms with van der Waals surface area (Å²) in [5.74, 6) is 0.852. The first-order chi connectivity index (χ1) is 9.26. The molecule has 0 aliphatic heterocycles. The van der Waals surface area contributed by atoms with Crippen LogP contribution in [0.4, 0.5) is 0 Å². The Bertz CT molecular complexity index is 527. The largest absolute Gasteiger partial charge is 0.494 e. The quantitative estimate of drug-likeness (QED) is 0.882. The molecule has 1 aromatic carbocycles. The molecule has 2 rings (SSSR count). The molecule has 5 heteroatoms. The van der Waals surface area contributed by atoms with Crippen molar-refractivity contribution < 1.29 is 4.74 Å². The first kappa shape index (κ1) is 14.0. The standard InChI is InChI=1S/C14H19N3OS/c1-3-6-12-14(19-17-16-12)13(15)10-7-5-8-11(9-10)18-4-2/h5,7-9,13H,3-4,6,15H2,1-2H3. The molecule has 0 fully saturated rings. The van der Waals surface area contributed by atoms with Gasteiger partial charge >= 0.3 is 0 Å². The number of aryl methyl sites for hydroxylation is 1. The van der Waals surface area contributed by atoms with Crippen molar-refractivity contribution in [3.63, 3.8) is 0 Å². The van der Waals surface area contributed by atoms with Gasteiger partial charge in [0.05, 0.1) is 23.2 Å². The predicted octanol–water partition coefficient (Wildman–Crippen LogP) is 2.94. The molecule has 0 saturated carbocycles. The van der Waals surface area contributed by atoms with E-state index in [1.807, 2.05) is 31.2 Å². The second kappa shape index (κ2) is 6.63. The smallest absolute Gasteiger partial charge is 0.119 e. The van der Waals surface area contributed by atoms with E-state index in [1.54, 1.807) is 0 Å². The highest BCUT2D eigenvalue weighted by atomic mass is 32.1. The average molecular weight is 277 g/mol. The Hall–Kier alpha value is -1.46. The van der Waals surface area contributed by atoms with Crippen molar-refractivity contribution in [3.05, 3.63) is 40.4 Å². The Labute approximate surface area is 117 Å². The Balaban J connectivity index is 2.25. The summed E-state index contributed by atoms with van der Waals surface area (Å²) in [4.78, 5) is 1.05. The third-order valence-electron chi connectivity index (χ3n) is 2.88. The Morgan fingerprint density at radius 1 is 1.37 bits per heavy atom. The first-order valence-electron chi connectivity index (χ1n) is 6.55. The van der Waals surface area contributed by atoms with Crippen LogP contribution in [0.25, 0.3) is 0 Å². The van der Waals surface area contributed by atoms with Crippen molar-refractivity contribution in [3.8, 4) is 5.75 Å². The van der Waals surface area contributed by atoms with E-state index < -0.39 is 0 Å². The molecule has 1 atom stereocenters. The van der Waals surface area contributed by atoms with Gasteiger partial charge < -0.3 is 10.5 Å². The van der Waals surface area contributed by atoms with Crippen LogP contribution in [-0.4, -0.2) is 16.2 Å². The molecule has 2 aromatic rings. The molecule has 0 aliphatic rings. The van der Waals surface area contributed by atoms with Gasteiger partial charge in [-0.3, -0.25) is 0 Å². The maximum Gasteiger partial charge on any atom is 0.119 e. The van der Waals surface area contributed by atoms with Gasteiger partial charge in [0, 0.05) is 0 Å². The van der Waals surface area contributed by atoms with E-state index in [1.165, 1.54) is 11.5 Å². The van der Waals surface area contributed by atoms with Crippen molar-refractivity contribution in [2.75, 3.05) is 6.61 Å². The van der Waals surface area contributed by atoms with Crippen LogP contribution in [0.5, 0.6) is 5.75 Å². The molecule has 1 aromatic heterocycles. The van der Waals surface area contributed by atoms with Gasteiger partial charge in [0.15, 0.2) is 0 Å². The number of nitrogens with two attached hydrogens (primary N) is 1. The summed E-state index contributed by atoms with van der Waals surface area (Å²) in [7, 11) is 0. The van der Waals surface area contributed by atoms with Crippen LogP contribution in [0.3, 0.4) is 0 Å². The number of benzene rings is 1. The minimum Gasteiger partial charge on any atom is -0.494 e. The zero-order chi connectivity index (χ0) is 13.7.